The summed E-state index contributed by atoms with van der Waals surface area (Å²) >= 11 is 5.85. The minimum Gasteiger partial charge on any atom is -0.496 e. The number of halogens is 1. The highest BCUT2D eigenvalue weighted by Gasteiger charge is 2.12. The zero-order valence-electron chi connectivity index (χ0n) is 11.8. The van der Waals surface area contributed by atoms with Crippen LogP contribution in [0.5, 0.6) is 5.75 Å². The molecule has 5 heteroatoms. The van der Waals surface area contributed by atoms with Gasteiger partial charge in [-0.1, -0.05) is 11.6 Å². The average molecular weight is 293 g/mol. The molecule has 20 heavy (non-hydrogen) atoms. The van der Waals surface area contributed by atoms with Crippen LogP contribution in [-0.2, 0) is 12.4 Å². The van der Waals surface area contributed by atoms with E-state index in [4.69, 9.17) is 16.3 Å². The maximum absolute atomic E-state index is 12.0. The third-order valence-corrected chi connectivity index (χ3v) is 3.41. The molecule has 4 nitrogen and oxygen atoms in total. The molecule has 0 N–H and O–H groups in total. The highest BCUT2D eigenvalue weighted by atomic mass is 35.5. The summed E-state index contributed by atoms with van der Waals surface area (Å²) in [5.74, 6) is 0.896. The van der Waals surface area contributed by atoms with Gasteiger partial charge in [0.1, 0.15) is 5.75 Å². The fourth-order valence-electron chi connectivity index (χ4n) is 2.06. The Labute approximate surface area is 123 Å². The molecule has 0 bridgehead atoms. The first-order chi connectivity index (χ1) is 9.60. The Balaban J connectivity index is 2.69. The van der Waals surface area contributed by atoms with Crippen molar-refractivity contribution in [2.45, 2.75) is 26.3 Å². The molecular weight excluding hydrogens is 276 g/mol. The summed E-state index contributed by atoms with van der Waals surface area (Å²) in [6.07, 6.45) is 0. The highest BCUT2D eigenvalue weighted by Crippen LogP contribution is 2.29. The lowest BCUT2D eigenvalue weighted by atomic mass is 10.1. The number of nitrogens with zero attached hydrogens (tertiary/aromatic N) is 2. The summed E-state index contributed by atoms with van der Waals surface area (Å²) in [4.78, 5) is 12.0. The monoisotopic (exact) mass is 292 g/mol. The maximum Gasteiger partial charge on any atom is 0.271 e. The van der Waals surface area contributed by atoms with Crippen molar-refractivity contribution in [1.82, 2.24) is 9.78 Å². The van der Waals surface area contributed by atoms with Crippen LogP contribution in [0.15, 0.2) is 29.1 Å². The second kappa shape index (κ2) is 6.09. The molecule has 0 fully saturated rings. The minimum absolute atomic E-state index is 0.141. The van der Waals surface area contributed by atoms with Crippen LogP contribution in [0.1, 0.15) is 18.1 Å². The summed E-state index contributed by atoms with van der Waals surface area (Å²) in [6.45, 7) is 4.38. The lowest BCUT2D eigenvalue weighted by Gasteiger charge is -2.12. The molecule has 0 amide bonds. The van der Waals surface area contributed by atoms with Crippen LogP contribution in [0, 0.1) is 6.92 Å². The van der Waals surface area contributed by atoms with Gasteiger partial charge in [0, 0.05) is 17.7 Å². The topological polar surface area (TPSA) is 44.1 Å². The summed E-state index contributed by atoms with van der Waals surface area (Å²) in [5, 5.41) is 4.38. The first-order valence-corrected chi connectivity index (χ1v) is 6.96. The van der Waals surface area contributed by atoms with Crippen molar-refractivity contribution in [3.05, 3.63) is 45.7 Å². The Morgan fingerprint density at radius 3 is 2.70 bits per heavy atom. The van der Waals surface area contributed by atoms with Gasteiger partial charge in [-0.05, 0) is 32.0 Å². The molecular formula is C15H17ClN2O2. The fourth-order valence-corrected chi connectivity index (χ4v) is 2.25. The first kappa shape index (κ1) is 14.6. The van der Waals surface area contributed by atoms with Crippen LogP contribution in [0.2, 0.25) is 0 Å². The van der Waals surface area contributed by atoms with Crippen molar-refractivity contribution < 1.29 is 4.74 Å². The van der Waals surface area contributed by atoms with E-state index >= 15 is 0 Å². The molecule has 0 atom stereocenters. The first-order valence-electron chi connectivity index (χ1n) is 6.42. The van der Waals surface area contributed by atoms with Crippen LogP contribution < -0.4 is 10.3 Å². The molecule has 0 aliphatic heterocycles. The van der Waals surface area contributed by atoms with E-state index in [-0.39, 0.29) is 11.4 Å². The number of methoxy groups -OCH3 is 1. The summed E-state index contributed by atoms with van der Waals surface area (Å²) in [5.41, 5.74) is 3.06. The van der Waals surface area contributed by atoms with E-state index in [2.05, 4.69) is 5.10 Å². The van der Waals surface area contributed by atoms with Gasteiger partial charge in [-0.2, -0.15) is 5.10 Å². The Kier molecular flexibility index (Phi) is 4.45. The molecule has 0 aliphatic carbocycles. The molecule has 0 aliphatic rings. The number of hydrogen-bond donors (Lipinski definition) is 0. The molecule has 2 aromatic rings. The molecule has 1 aromatic carbocycles. The van der Waals surface area contributed by atoms with Crippen LogP contribution in [-0.4, -0.2) is 16.9 Å². The van der Waals surface area contributed by atoms with E-state index in [0.717, 1.165) is 16.9 Å². The standard InChI is InChI=1S/C15H17ClN2O2/c1-4-18-15(19)11(9-16)8-13(17-18)12-7-10(2)5-6-14(12)20-3/h5-8H,4,9H2,1-3H3. The van der Waals surface area contributed by atoms with E-state index in [1.807, 2.05) is 32.0 Å². The van der Waals surface area contributed by atoms with Crippen LogP contribution in [0.4, 0.5) is 0 Å². The van der Waals surface area contributed by atoms with Crippen molar-refractivity contribution >= 4 is 11.6 Å². The van der Waals surface area contributed by atoms with E-state index in [9.17, 15) is 4.79 Å². The van der Waals surface area contributed by atoms with E-state index in [0.29, 0.717) is 17.8 Å². The van der Waals surface area contributed by atoms with Crippen LogP contribution >= 0.6 is 11.6 Å². The summed E-state index contributed by atoms with van der Waals surface area (Å²) < 4.78 is 6.80. The van der Waals surface area contributed by atoms with Crippen molar-refractivity contribution in [3.63, 3.8) is 0 Å². The summed E-state index contributed by atoms with van der Waals surface area (Å²) in [6, 6.07) is 7.59. The number of ether oxygens (including phenoxy) is 1. The molecule has 0 saturated carbocycles. The van der Waals surface area contributed by atoms with E-state index in [1.165, 1.54) is 4.68 Å². The Hall–Kier alpha value is -1.81. The molecule has 106 valence electrons. The minimum atomic E-state index is -0.141. The SMILES string of the molecule is CCn1nc(-c2cc(C)ccc2OC)cc(CCl)c1=O. The quantitative estimate of drug-likeness (QED) is 0.814. The predicted octanol–water partition coefficient (Wildman–Crippen LogP) is 2.99. The molecule has 2 rings (SSSR count). The molecule has 1 aromatic heterocycles. The Bertz CT molecular complexity index is 652. The number of rotatable bonds is 4. The molecule has 0 saturated heterocycles. The third kappa shape index (κ3) is 2.70. The van der Waals surface area contributed by atoms with Crippen molar-refractivity contribution in [1.29, 1.82) is 0 Å². The van der Waals surface area contributed by atoms with Gasteiger partial charge >= 0.3 is 0 Å². The molecule has 1 heterocycles. The number of aromatic nitrogens is 2. The van der Waals surface area contributed by atoms with Crippen molar-refractivity contribution in [2.24, 2.45) is 0 Å². The van der Waals surface area contributed by atoms with Gasteiger partial charge in [0.25, 0.3) is 5.56 Å². The lowest BCUT2D eigenvalue weighted by Crippen LogP contribution is -2.25. The van der Waals surface area contributed by atoms with E-state index < -0.39 is 0 Å². The number of alkyl halides is 1. The van der Waals surface area contributed by atoms with Gasteiger partial charge in [0.05, 0.1) is 18.7 Å². The fraction of sp³-hybridized carbons (Fsp3) is 0.333. The highest BCUT2D eigenvalue weighted by molar-refractivity contribution is 6.17. The predicted molar refractivity (Wildman–Crippen MR) is 80.5 cm³/mol. The van der Waals surface area contributed by atoms with Gasteiger partial charge in [-0.25, -0.2) is 4.68 Å². The molecule has 0 spiro atoms. The molecule has 0 unspecified atom stereocenters. The second-order valence-corrected chi connectivity index (χ2v) is 4.78. The van der Waals surface area contributed by atoms with Gasteiger partial charge < -0.3 is 4.74 Å². The van der Waals surface area contributed by atoms with E-state index in [1.54, 1.807) is 13.2 Å². The second-order valence-electron chi connectivity index (χ2n) is 4.51. The van der Waals surface area contributed by atoms with Gasteiger partial charge in [0.15, 0.2) is 0 Å². The van der Waals surface area contributed by atoms with Gasteiger partial charge in [0.2, 0.25) is 0 Å². The van der Waals surface area contributed by atoms with Gasteiger partial charge in [-0.15, -0.1) is 11.6 Å². The number of benzene rings is 1. The van der Waals surface area contributed by atoms with Crippen molar-refractivity contribution in [2.75, 3.05) is 7.11 Å². The largest absolute Gasteiger partial charge is 0.496 e. The van der Waals surface area contributed by atoms with Crippen LogP contribution in [0.25, 0.3) is 11.3 Å². The number of hydrogen-bond acceptors (Lipinski definition) is 3. The Morgan fingerprint density at radius 1 is 1.35 bits per heavy atom. The summed E-state index contributed by atoms with van der Waals surface area (Å²) in [7, 11) is 1.62. The normalized spacial score (nSPS) is 10.6. The lowest BCUT2D eigenvalue weighted by molar-refractivity contribution is 0.416. The third-order valence-electron chi connectivity index (χ3n) is 3.12. The molecule has 0 radical (unpaired) electrons. The average Bonchev–Trinajstić information content (AvgIpc) is 2.47. The maximum atomic E-state index is 12.0. The Morgan fingerprint density at radius 2 is 2.10 bits per heavy atom. The number of aryl methyl sites for hydroxylation is 2. The van der Waals surface area contributed by atoms with Crippen molar-refractivity contribution in [3.8, 4) is 17.0 Å². The van der Waals surface area contributed by atoms with Crippen LogP contribution in [0.3, 0.4) is 0 Å². The zero-order valence-corrected chi connectivity index (χ0v) is 12.6. The van der Waals surface area contributed by atoms with Gasteiger partial charge in [-0.3, -0.25) is 4.79 Å². The smallest absolute Gasteiger partial charge is 0.271 e. The zero-order chi connectivity index (χ0) is 14.7.